The molecule has 3 heteroatoms. The van der Waals surface area contributed by atoms with Crippen molar-refractivity contribution in [2.45, 2.75) is 32.7 Å². The van der Waals surface area contributed by atoms with Crippen LogP contribution in [0.2, 0.25) is 0 Å². The standard InChI is InChI=1S/C15H25NO2/c1-6-11(7-2)14(16-3)12-9-8-10-13(17-4)15(12)18-5/h8-11,14,16H,6-7H2,1-5H3. The zero-order valence-corrected chi connectivity index (χ0v) is 12.1. The normalized spacial score (nSPS) is 12.6. The summed E-state index contributed by atoms with van der Waals surface area (Å²) in [6.07, 6.45) is 2.28. The summed E-state index contributed by atoms with van der Waals surface area (Å²) >= 11 is 0. The van der Waals surface area contributed by atoms with Gasteiger partial charge in [-0.25, -0.2) is 0 Å². The fraction of sp³-hybridized carbons (Fsp3) is 0.600. The first-order chi connectivity index (χ1) is 8.73. The highest BCUT2D eigenvalue weighted by molar-refractivity contribution is 5.48. The van der Waals surface area contributed by atoms with E-state index in [2.05, 4.69) is 25.2 Å². The fourth-order valence-electron chi connectivity index (χ4n) is 2.56. The SMILES string of the molecule is CCC(CC)C(NC)c1cccc(OC)c1OC. The molecule has 3 nitrogen and oxygen atoms in total. The Hall–Kier alpha value is -1.22. The number of methoxy groups -OCH3 is 2. The Morgan fingerprint density at radius 1 is 1.11 bits per heavy atom. The van der Waals surface area contributed by atoms with Crippen LogP contribution >= 0.6 is 0 Å². The quantitative estimate of drug-likeness (QED) is 0.805. The summed E-state index contributed by atoms with van der Waals surface area (Å²) in [7, 11) is 5.37. The van der Waals surface area contributed by atoms with E-state index < -0.39 is 0 Å². The number of para-hydroxylation sites is 1. The summed E-state index contributed by atoms with van der Waals surface area (Å²) in [5, 5.41) is 3.41. The Morgan fingerprint density at radius 2 is 1.78 bits per heavy atom. The Morgan fingerprint density at radius 3 is 2.22 bits per heavy atom. The second-order valence-corrected chi connectivity index (χ2v) is 4.43. The van der Waals surface area contributed by atoms with E-state index in [0.717, 1.165) is 24.3 Å². The summed E-state index contributed by atoms with van der Waals surface area (Å²) in [5.41, 5.74) is 1.17. The Kier molecular flexibility index (Phi) is 5.99. The third-order valence-electron chi connectivity index (χ3n) is 3.60. The van der Waals surface area contributed by atoms with Crippen LogP contribution in [0.3, 0.4) is 0 Å². The van der Waals surface area contributed by atoms with E-state index in [9.17, 15) is 0 Å². The van der Waals surface area contributed by atoms with Crippen molar-refractivity contribution >= 4 is 0 Å². The average Bonchev–Trinajstić information content (AvgIpc) is 2.43. The molecule has 0 bridgehead atoms. The number of hydrogen-bond acceptors (Lipinski definition) is 3. The van der Waals surface area contributed by atoms with E-state index in [1.165, 1.54) is 5.56 Å². The van der Waals surface area contributed by atoms with Crippen molar-refractivity contribution in [2.24, 2.45) is 5.92 Å². The van der Waals surface area contributed by atoms with Gasteiger partial charge >= 0.3 is 0 Å². The largest absolute Gasteiger partial charge is 0.493 e. The maximum absolute atomic E-state index is 5.52. The van der Waals surface area contributed by atoms with Gasteiger partial charge in [-0.2, -0.15) is 0 Å². The van der Waals surface area contributed by atoms with Gasteiger partial charge in [-0.1, -0.05) is 38.8 Å². The molecule has 0 fully saturated rings. The highest BCUT2D eigenvalue weighted by Gasteiger charge is 2.23. The molecule has 0 aliphatic heterocycles. The zero-order valence-electron chi connectivity index (χ0n) is 12.1. The predicted molar refractivity (Wildman–Crippen MR) is 75.4 cm³/mol. The van der Waals surface area contributed by atoms with Gasteiger partial charge in [0.2, 0.25) is 0 Å². The van der Waals surface area contributed by atoms with Gasteiger partial charge in [0.15, 0.2) is 11.5 Å². The van der Waals surface area contributed by atoms with Crippen molar-refractivity contribution in [3.05, 3.63) is 23.8 Å². The van der Waals surface area contributed by atoms with Gasteiger partial charge in [-0.05, 0) is 19.0 Å². The molecule has 1 unspecified atom stereocenters. The lowest BCUT2D eigenvalue weighted by atomic mass is 9.88. The van der Waals surface area contributed by atoms with Crippen molar-refractivity contribution in [1.29, 1.82) is 0 Å². The van der Waals surface area contributed by atoms with E-state index >= 15 is 0 Å². The molecular weight excluding hydrogens is 226 g/mol. The monoisotopic (exact) mass is 251 g/mol. The molecule has 0 amide bonds. The minimum Gasteiger partial charge on any atom is -0.493 e. The van der Waals surface area contributed by atoms with Crippen molar-refractivity contribution in [2.75, 3.05) is 21.3 Å². The molecule has 102 valence electrons. The maximum Gasteiger partial charge on any atom is 0.165 e. The summed E-state index contributed by atoms with van der Waals surface area (Å²) in [6, 6.07) is 6.36. The lowest BCUT2D eigenvalue weighted by Crippen LogP contribution is -2.25. The van der Waals surface area contributed by atoms with Crippen LogP contribution in [0, 0.1) is 5.92 Å². The summed E-state index contributed by atoms with van der Waals surface area (Å²) in [6.45, 7) is 4.45. The molecule has 1 rings (SSSR count). The summed E-state index contributed by atoms with van der Waals surface area (Å²) in [4.78, 5) is 0. The Bertz CT molecular complexity index is 362. The summed E-state index contributed by atoms with van der Waals surface area (Å²) < 4.78 is 10.9. The predicted octanol–water partition coefficient (Wildman–Crippen LogP) is 3.40. The first-order valence-corrected chi connectivity index (χ1v) is 6.61. The second-order valence-electron chi connectivity index (χ2n) is 4.43. The van der Waals surface area contributed by atoms with Crippen LogP contribution in [-0.2, 0) is 0 Å². The minimum absolute atomic E-state index is 0.296. The third-order valence-corrected chi connectivity index (χ3v) is 3.60. The van der Waals surface area contributed by atoms with E-state index in [4.69, 9.17) is 9.47 Å². The first-order valence-electron chi connectivity index (χ1n) is 6.61. The molecule has 0 spiro atoms. The Labute approximate surface area is 110 Å². The topological polar surface area (TPSA) is 30.5 Å². The van der Waals surface area contributed by atoms with Crippen molar-refractivity contribution in [3.63, 3.8) is 0 Å². The molecule has 0 radical (unpaired) electrons. The highest BCUT2D eigenvalue weighted by Crippen LogP contribution is 2.38. The van der Waals surface area contributed by atoms with Crippen LogP contribution in [0.1, 0.15) is 38.3 Å². The molecular formula is C15H25NO2. The molecule has 1 N–H and O–H groups in total. The van der Waals surface area contributed by atoms with E-state index in [1.54, 1.807) is 14.2 Å². The number of hydrogen-bond donors (Lipinski definition) is 1. The van der Waals surface area contributed by atoms with Crippen molar-refractivity contribution in [1.82, 2.24) is 5.32 Å². The zero-order chi connectivity index (χ0) is 13.5. The van der Waals surface area contributed by atoms with E-state index in [0.29, 0.717) is 12.0 Å². The molecule has 0 saturated heterocycles. The molecule has 0 aromatic heterocycles. The van der Waals surface area contributed by atoms with Gasteiger partial charge in [0.25, 0.3) is 0 Å². The van der Waals surface area contributed by atoms with Gasteiger partial charge in [0.05, 0.1) is 14.2 Å². The molecule has 0 aliphatic rings. The van der Waals surface area contributed by atoms with Crippen molar-refractivity contribution < 1.29 is 9.47 Å². The molecule has 0 aliphatic carbocycles. The first kappa shape index (κ1) is 14.8. The van der Waals surface area contributed by atoms with E-state index in [-0.39, 0.29) is 0 Å². The molecule has 0 heterocycles. The molecule has 1 aromatic rings. The Balaban J connectivity index is 3.19. The average molecular weight is 251 g/mol. The lowest BCUT2D eigenvalue weighted by molar-refractivity contribution is 0.322. The molecule has 18 heavy (non-hydrogen) atoms. The van der Waals surface area contributed by atoms with Gasteiger partial charge in [-0.15, -0.1) is 0 Å². The lowest BCUT2D eigenvalue weighted by Gasteiger charge is -2.27. The van der Waals surface area contributed by atoms with E-state index in [1.807, 2.05) is 19.2 Å². The van der Waals surface area contributed by atoms with Crippen LogP contribution < -0.4 is 14.8 Å². The highest BCUT2D eigenvalue weighted by atomic mass is 16.5. The molecule has 0 saturated carbocycles. The van der Waals surface area contributed by atoms with Crippen LogP contribution in [0.4, 0.5) is 0 Å². The van der Waals surface area contributed by atoms with Gasteiger partial charge in [-0.3, -0.25) is 0 Å². The van der Waals surface area contributed by atoms with Gasteiger partial charge in [0.1, 0.15) is 0 Å². The van der Waals surface area contributed by atoms with Crippen molar-refractivity contribution in [3.8, 4) is 11.5 Å². The maximum atomic E-state index is 5.52. The summed E-state index contributed by atoms with van der Waals surface area (Å²) in [5.74, 6) is 2.23. The van der Waals surface area contributed by atoms with Gasteiger partial charge in [0, 0.05) is 11.6 Å². The third kappa shape index (κ3) is 2.96. The van der Waals surface area contributed by atoms with Crippen LogP contribution in [0.5, 0.6) is 11.5 Å². The van der Waals surface area contributed by atoms with Crippen LogP contribution in [-0.4, -0.2) is 21.3 Å². The smallest absolute Gasteiger partial charge is 0.165 e. The fourth-order valence-corrected chi connectivity index (χ4v) is 2.56. The molecule has 1 atom stereocenters. The number of ether oxygens (including phenoxy) is 2. The number of nitrogens with one attached hydrogen (secondary N) is 1. The minimum atomic E-state index is 0.296. The molecule has 1 aromatic carbocycles. The van der Waals surface area contributed by atoms with Crippen LogP contribution in [0.15, 0.2) is 18.2 Å². The second kappa shape index (κ2) is 7.27. The van der Waals surface area contributed by atoms with Crippen LogP contribution in [0.25, 0.3) is 0 Å². The number of benzene rings is 1. The van der Waals surface area contributed by atoms with Gasteiger partial charge < -0.3 is 14.8 Å². The number of rotatable bonds is 7.